The summed E-state index contributed by atoms with van der Waals surface area (Å²) in [6.45, 7) is 0.370. The molecule has 1 aliphatic rings. The van der Waals surface area contributed by atoms with Crippen LogP contribution in [0.25, 0.3) is 0 Å². The molecule has 0 amide bonds. The quantitative estimate of drug-likeness (QED) is 0.483. The maximum Gasteiger partial charge on any atom is 0.111 e. The summed E-state index contributed by atoms with van der Waals surface area (Å²) < 4.78 is 10.3. The molecular formula is C7H15BO4. The Bertz CT molecular complexity index is 143. The highest BCUT2D eigenvalue weighted by Gasteiger charge is 2.36. The van der Waals surface area contributed by atoms with Crippen molar-refractivity contribution in [2.45, 2.75) is 24.1 Å². The summed E-state index contributed by atoms with van der Waals surface area (Å²) in [4.78, 5) is 0. The summed E-state index contributed by atoms with van der Waals surface area (Å²) in [5.41, 5.74) is 0. The van der Waals surface area contributed by atoms with Gasteiger partial charge < -0.3 is 19.7 Å². The van der Waals surface area contributed by atoms with Crippen LogP contribution in [0.3, 0.4) is 0 Å². The molecule has 1 heterocycles. The third kappa shape index (κ3) is 1.80. The first-order chi connectivity index (χ1) is 5.70. The molecule has 70 valence electrons. The maximum atomic E-state index is 9.59. The Morgan fingerprint density at radius 1 is 1.67 bits per heavy atom. The first-order valence-electron chi connectivity index (χ1n) is 4.14. The molecular weight excluding hydrogens is 159 g/mol. The van der Waals surface area contributed by atoms with E-state index in [0.717, 1.165) is 0 Å². The molecule has 1 saturated heterocycles. The second kappa shape index (κ2) is 4.23. The second-order valence-electron chi connectivity index (χ2n) is 3.22. The van der Waals surface area contributed by atoms with Crippen LogP contribution in [0.15, 0.2) is 0 Å². The van der Waals surface area contributed by atoms with Crippen molar-refractivity contribution in [3.05, 3.63) is 0 Å². The van der Waals surface area contributed by atoms with Crippen molar-refractivity contribution in [1.82, 2.24) is 0 Å². The molecule has 1 fully saturated rings. The minimum absolute atomic E-state index is 0.159. The number of rotatable bonds is 2. The highest BCUT2D eigenvalue weighted by Crippen LogP contribution is 2.24. The number of ether oxygens (including phenoxy) is 2. The number of hydrogen-bond donors (Lipinski definition) is 2. The SMILES string of the molecule is B[C@@H]1CO[C@H](CO)[C@@H](O)[C@H]1OC. The van der Waals surface area contributed by atoms with Gasteiger partial charge in [0.2, 0.25) is 0 Å². The molecule has 0 aromatic rings. The number of methoxy groups -OCH3 is 1. The molecule has 12 heavy (non-hydrogen) atoms. The summed E-state index contributed by atoms with van der Waals surface area (Å²) in [5.74, 6) is 0.174. The van der Waals surface area contributed by atoms with Gasteiger partial charge in [-0.2, -0.15) is 0 Å². The van der Waals surface area contributed by atoms with Crippen molar-refractivity contribution in [3.8, 4) is 0 Å². The molecule has 0 aromatic carbocycles. The van der Waals surface area contributed by atoms with Crippen molar-refractivity contribution in [2.24, 2.45) is 0 Å². The van der Waals surface area contributed by atoms with E-state index in [-0.39, 0.29) is 18.5 Å². The predicted octanol–water partition coefficient (Wildman–Crippen LogP) is -1.82. The van der Waals surface area contributed by atoms with Crippen LogP contribution in [0.5, 0.6) is 0 Å². The van der Waals surface area contributed by atoms with Gasteiger partial charge in [-0.1, -0.05) is 0 Å². The Balaban J connectivity index is 2.56. The molecule has 1 aliphatic heterocycles. The number of aliphatic hydroxyl groups excluding tert-OH is 2. The van der Waals surface area contributed by atoms with Crippen LogP contribution in [-0.4, -0.2) is 56.7 Å². The third-order valence-electron chi connectivity index (χ3n) is 2.30. The third-order valence-corrected chi connectivity index (χ3v) is 2.30. The second-order valence-corrected chi connectivity index (χ2v) is 3.22. The lowest BCUT2D eigenvalue weighted by atomic mass is 9.78. The van der Waals surface area contributed by atoms with Gasteiger partial charge in [-0.15, -0.1) is 0 Å². The Morgan fingerprint density at radius 2 is 2.33 bits per heavy atom. The fraction of sp³-hybridized carbons (Fsp3) is 1.00. The van der Waals surface area contributed by atoms with E-state index in [0.29, 0.717) is 6.61 Å². The van der Waals surface area contributed by atoms with Gasteiger partial charge in [0.25, 0.3) is 0 Å². The molecule has 0 aromatic heterocycles. The van der Waals surface area contributed by atoms with Gasteiger partial charge in [0.05, 0.1) is 12.7 Å². The molecule has 0 radical (unpaired) electrons. The van der Waals surface area contributed by atoms with E-state index in [1.54, 1.807) is 7.11 Å². The molecule has 0 spiro atoms. The lowest BCUT2D eigenvalue weighted by molar-refractivity contribution is -0.155. The normalized spacial score (nSPS) is 42.9. The van der Waals surface area contributed by atoms with Gasteiger partial charge in [-0.25, -0.2) is 0 Å². The standard InChI is InChI=1S/C7H15BO4/c1-11-7-4(8)3-12-5(2-9)6(7)10/h4-7,9-10H,2-3,8H2,1H3/t4-,5-,6-,7+/m1/s1. The summed E-state index contributed by atoms with van der Waals surface area (Å²) in [5, 5.41) is 18.4. The minimum Gasteiger partial charge on any atom is -0.394 e. The van der Waals surface area contributed by atoms with E-state index in [1.807, 2.05) is 7.85 Å². The first kappa shape index (κ1) is 9.99. The van der Waals surface area contributed by atoms with Crippen LogP contribution in [-0.2, 0) is 9.47 Å². The van der Waals surface area contributed by atoms with Gasteiger partial charge in [0.15, 0.2) is 0 Å². The zero-order chi connectivity index (χ0) is 9.14. The van der Waals surface area contributed by atoms with Crippen molar-refractivity contribution in [2.75, 3.05) is 20.3 Å². The van der Waals surface area contributed by atoms with Crippen LogP contribution < -0.4 is 0 Å². The maximum absolute atomic E-state index is 9.59. The van der Waals surface area contributed by atoms with E-state index in [1.165, 1.54) is 0 Å². The van der Waals surface area contributed by atoms with E-state index >= 15 is 0 Å². The van der Waals surface area contributed by atoms with Gasteiger partial charge in [-0.05, 0) is 5.82 Å². The van der Waals surface area contributed by atoms with Crippen molar-refractivity contribution >= 4 is 7.85 Å². The smallest absolute Gasteiger partial charge is 0.111 e. The van der Waals surface area contributed by atoms with Crippen molar-refractivity contribution in [1.29, 1.82) is 0 Å². The summed E-state index contributed by atoms with van der Waals surface area (Å²) in [6.07, 6.45) is -1.44. The van der Waals surface area contributed by atoms with E-state index in [9.17, 15) is 5.11 Å². The van der Waals surface area contributed by atoms with Crippen molar-refractivity contribution < 1.29 is 19.7 Å². The van der Waals surface area contributed by atoms with Crippen LogP contribution in [0.2, 0.25) is 5.82 Å². The summed E-state index contributed by atoms with van der Waals surface area (Å²) >= 11 is 0. The average Bonchev–Trinajstić information content (AvgIpc) is 2.06. The Morgan fingerprint density at radius 3 is 2.83 bits per heavy atom. The summed E-state index contributed by atoms with van der Waals surface area (Å²) in [6, 6.07) is 0. The first-order valence-corrected chi connectivity index (χ1v) is 4.14. The highest BCUT2D eigenvalue weighted by atomic mass is 16.5. The fourth-order valence-corrected chi connectivity index (χ4v) is 1.55. The van der Waals surface area contributed by atoms with Gasteiger partial charge in [-0.3, -0.25) is 0 Å². The van der Waals surface area contributed by atoms with Gasteiger partial charge in [0.1, 0.15) is 20.1 Å². The highest BCUT2D eigenvalue weighted by molar-refractivity contribution is 6.12. The zero-order valence-electron chi connectivity index (χ0n) is 7.43. The molecule has 0 unspecified atom stereocenters. The largest absolute Gasteiger partial charge is 0.394 e. The van der Waals surface area contributed by atoms with E-state index in [2.05, 4.69) is 0 Å². The van der Waals surface area contributed by atoms with Gasteiger partial charge >= 0.3 is 0 Å². The molecule has 0 saturated carbocycles. The van der Waals surface area contributed by atoms with Gasteiger partial charge in [0, 0.05) is 13.7 Å². The molecule has 4 atom stereocenters. The number of aliphatic hydroxyl groups is 2. The Labute approximate surface area is 72.9 Å². The molecule has 4 nitrogen and oxygen atoms in total. The van der Waals surface area contributed by atoms with Crippen molar-refractivity contribution in [3.63, 3.8) is 0 Å². The summed E-state index contributed by atoms with van der Waals surface area (Å²) in [7, 11) is 3.51. The number of hydrogen-bond acceptors (Lipinski definition) is 4. The Hall–Kier alpha value is -0.0951. The fourth-order valence-electron chi connectivity index (χ4n) is 1.55. The topological polar surface area (TPSA) is 58.9 Å². The lowest BCUT2D eigenvalue weighted by Gasteiger charge is -2.37. The van der Waals surface area contributed by atoms with E-state index in [4.69, 9.17) is 14.6 Å². The molecule has 1 rings (SSSR count). The Kier molecular flexibility index (Phi) is 3.52. The van der Waals surface area contributed by atoms with Crippen LogP contribution in [0, 0.1) is 0 Å². The van der Waals surface area contributed by atoms with Crippen LogP contribution >= 0.6 is 0 Å². The monoisotopic (exact) mass is 174 g/mol. The lowest BCUT2D eigenvalue weighted by Crippen LogP contribution is -2.50. The minimum atomic E-state index is -0.719. The molecule has 0 aliphatic carbocycles. The zero-order valence-corrected chi connectivity index (χ0v) is 7.43. The van der Waals surface area contributed by atoms with Crippen LogP contribution in [0.4, 0.5) is 0 Å². The molecule has 0 bridgehead atoms. The van der Waals surface area contributed by atoms with E-state index < -0.39 is 12.2 Å². The average molecular weight is 174 g/mol. The predicted molar refractivity (Wildman–Crippen MR) is 45.9 cm³/mol. The van der Waals surface area contributed by atoms with Crippen LogP contribution in [0.1, 0.15) is 0 Å². The molecule has 2 N–H and O–H groups in total. The molecule has 5 heteroatoms.